The first-order valence-electron chi connectivity index (χ1n) is 7.81. The van der Waals surface area contributed by atoms with Gasteiger partial charge in [-0.1, -0.05) is 27.7 Å². The van der Waals surface area contributed by atoms with Gasteiger partial charge < -0.3 is 15.4 Å². The van der Waals surface area contributed by atoms with E-state index in [-0.39, 0.29) is 20.8 Å². The topological polar surface area (TPSA) is 53.6 Å². The monoisotopic (exact) mass is 289 g/mol. The Morgan fingerprint density at radius 2 is 2.15 bits per heavy atom. The van der Waals surface area contributed by atoms with Crippen molar-refractivity contribution in [1.82, 2.24) is 15.5 Å². The van der Waals surface area contributed by atoms with Gasteiger partial charge in [-0.15, -0.1) is 0 Å². The van der Waals surface area contributed by atoms with Crippen molar-refractivity contribution in [3.05, 3.63) is 0 Å². The normalized spacial score (nSPS) is 20.6. The highest BCUT2D eigenvalue weighted by Crippen LogP contribution is 2.04. The number of carbonyl (C=O) groups excluding carboxylic acids is 1. The summed E-state index contributed by atoms with van der Waals surface area (Å²) >= 11 is 0. The highest BCUT2D eigenvalue weighted by Gasteiger charge is 2.20. The molecule has 5 nitrogen and oxygen atoms in total. The molecule has 0 spiro atoms. The van der Waals surface area contributed by atoms with Crippen LogP contribution in [0.1, 0.15) is 30.5 Å². The SMILES string of the molecule is CC(C)CNCCN1CCO[C@@H](CNC(=O)C(C)C)C1.[HH].[HH]. The summed E-state index contributed by atoms with van der Waals surface area (Å²) in [4.78, 5) is 14.0. The van der Waals surface area contributed by atoms with E-state index in [0.29, 0.717) is 12.5 Å². The number of amides is 1. The molecule has 0 saturated carbocycles. The minimum atomic E-state index is 0. The summed E-state index contributed by atoms with van der Waals surface area (Å²) in [5, 5.41) is 6.41. The molecule has 0 bridgehead atoms. The maximum absolute atomic E-state index is 11.6. The van der Waals surface area contributed by atoms with Crippen molar-refractivity contribution < 1.29 is 12.4 Å². The summed E-state index contributed by atoms with van der Waals surface area (Å²) in [6.07, 6.45) is 0.122. The Balaban J connectivity index is 0. The van der Waals surface area contributed by atoms with E-state index in [1.165, 1.54) is 0 Å². The van der Waals surface area contributed by atoms with Crippen molar-refractivity contribution >= 4 is 5.91 Å². The van der Waals surface area contributed by atoms with E-state index in [9.17, 15) is 4.79 Å². The first kappa shape index (κ1) is 17.4. The van der Waals surface area contributed by atoms with Gasteiger partial charge in [0.25, 0.3) is 0 Å². The Morgan fingerprint density at radius 1 is 1.40 bits per heavy atom. The van der Waals surface area contributed by atoms with Crippen LogP contribution >= 0.6 is 0 Å². The van der Waals surface area contributed by atoms with Gasteiger partial charge in [0.05, 0.1) is 12.7 Å². The first-order chi connectivity index (χ1) is 9.49. The summed E-state index contributed by atoms with van der Waals surface area (Å²) in [7, 11) is 0. The molecule has 0 aromatic heterocycles. The maximum Gasteiger partial charge on any atom is 0.222 e. The van der Waals surface area contributed by atoms with Crippen LogP contribution in [0.15, 0.2) is 0 Å². The van der Waals surface area contributed by atoms with Gasteiger partial charge in [0.1, 0.15) is 0 Å². The highest BCUT2D eigenvalue weighted by atomic mass is 16.5. The molecule has 1 heterocycles. The second kappa shape index (κ2) is 9.32. The Bertz CT molecular complexity index is 292. The van der Waals surface area contributed by atoms with Crippen LogP contribution < -0.4 is 10.6 Å². The van der Waals surface area contributed by atoms with Gasteiger partial charge in [-0.3, -0.25) is 9.69 Å². The lowest BCUT2D eigenvalue weighted by atomic mass is 10.2. The molecule has 1 rings (SSSR count). The van der Waals surface area contributed by atoms with Crippen molar-refractivity contribution in [2.24, 2.45) is 11.8 Å². The number of rotatable bonds is 8. The standard InChI is InChI=1S/C15H31N3O2.2H2/c1-12(2)9-16-5-6-18-7-8-20-14(11-18)10-17-15(19)13(3)4;;/h12-14,16H,5-11H2,1-4H3,(H,17,19);2*1H/t14-;;/m0../s1. The van der Waals surface area contributed by atoms with Crippen LogP contribution in [0.5, 0.6) is 0 Å². The molecule has 0 aromatic rings. The number of morpholine rings is 1. The van der Waals surface area contributed by atoms with Crippen molar-refractivity contribution in [2.45, 2.75) is 33.8 Å². The van der Waals surface area contributed by atoms with Crippen LogP contribution in [0.2, 0.25) is 0 Å². The van der Waals surface area contributed by atoms with E-state index in [1.54, 1.807) is 0 Å². The van der Waals surface area contributed by atoms with Crippen LogP contribution in [-0.4, -0.2) is 62.8 Å². The van der Waals surface area contributed by atoms with Gasteiger partial charge in [-0.05, 0) is 12.5 Å². The van der Waals surface area contributed by atoms with Gasteiger partial charge in [0, 0.05) is 41.5 Å². The molecule has 0 aromatic carbocycles. The summed E-state index contributed by atoms with van der Waals surface area (Å²) in [6, 6.07) is 0. The van der Waals surface area contributed by atoms with Gasteiger partial charge in [0.15, 0.2) is 0 Å². The molecule has 0 unspecified atom stereocenters. The van der Waals surface area contributed by atoms with E-state index < -0.39 is 0 Å². The number of nitrogens with zero attached hydrogens (tertiary/aromatic N) is 1. The molecular weight excluding hydrogens is 254 g/mol. The summed E-state index contributed by atoms with van der Waals surface area (Å²) < 4.78 is 5.71. The lowest BCUT2D eigenvalue weighted by Gasteiger charge is -2.33. The second-order valence-corrected chi connectivity index (χ2v) is 6.29. The zero-order chi connectivity index (χ0) is 15.0. The maximum atomic E-state index is 11.6. The molecule has 2 N–H and O–H groups in total. The lowest BCUT2D eigenvalue weighted by molar-refractivity contribution is -0.125. The van der Waals surface area contributed by atoms with Gasteiger partial charge >= 0.3 is 0 Å². The van der Waals surface area contributed by atoms with Crippen LogP contribution in [0.3, 0.4) is 0 Å². The number of ether oxygens (including phenoxy) is 1. The Hall–Kier alpha value is -0.650. The molecule has 122 valence electrons. The lowest BCUT2D eigenvalue weighted by Crippen LogP contribution is -2.49. The van der Waals surface area contributed by atoms with Crippen molar-refractivity contribution in [2.75, 3.05) is 45.9 Å². The van der Waals surface area contributed by atoms with E-state index in [1.807, 2.05) is 13.8 Å². The third kappa shape index (κ3) is 7.22. The largest absolute Gasteiger partial charge is 0.374 e. The highest BCUT2D eigenvalue weighted by molar-refractivity contribution is 5.77. The second-order valence-electron chi connectivity index (χ2n) is 6.29. The third-order valence-electron chi connectivity index (χ3n) is 3.41. The average molecular weight is 289 g/mol. The van der Waals surface area contributed by atoms with Crippen LogP contribution in [0.25, 0.3) is 0 Å². The predicted molar refractivity (Wildman–Crippen MR) is 86.0 cm³/mol. The Labute approximate surface area is 126 Å². The van der Waals surface area contributed by atoms with Gasteiger partial charge in [-0.2, -0.15) is 0 Å². The number of nitrogens with one attached hydrogen (secondary N) is 2. The quantitative estimate of drug-likeness (QED) is 0.659. The predicted octanol–water partition coefficient (Wildman–Crippen LogP) is 1.20. The molecule has 5 heteroatoms. The van der Waals surface area contributed by atoms with Crippen LogP contribution in [0, 0.1) is 11.8 Å². The van der Waals surface area contributed by atoms with Gasteiger partial charge in [0.2, 0.25) is 5.91 Å². The zero-order valence-corrected chi connectivity index (χ0v) is 13.4. The van der Waals surface area contributed by atoms with Crippen molar-refractivity contribution in [1.29, 1.82) is 0 Å². The molecular formula is C15H35N3O2. The summed E-state index contributed by atoms with van der Waals surface area (Å²) in [5.41, 5.74) is 0. The number of hydrogen-bond acceptors (Lipinski definition) is 4. The molecule has 1 saturated heterocycles. The molecule has 0 radical (unpaired) electrons. The molecule has 1 aliphatic heterocycles. The fraction of sp³-hybridized carbons (Fsp3) is 0.933. The minimum Gasteiger partial charge on any atom is -0.374 e. The van der Waals surface area contributed by atoms with Crippen LogP contribution in [0.4, 0.5) is 0 Å². The van der Waals surface area contributed by atoms with Crippen molar-refractivity contribution in [3.8, 4) is 0 Å². The number of hydrogen-bond donors (Lipinski definition) is 2. The van der Waals surface area contributed by atoms with Crippen molar-refractivity contribution in [3.63, 3.8) is 0 Å². The molecule has 1 aliphatic rings. The minimum absolute atomic E-state index is 0. The van der Waals surface area contributed by atoms with Gasteiger partial charge in [-0.25, -0.2) is 0 Å². The Kier molecular flexibility index (Phi) is 8.11. The number of carbonyl (C=O) groups is 1. The van der Waals surface area contributed by atoms with Crippen LogP contribution in [-0.2, 0) is 9.53 Å². The molecule has 1 fully saturated rings. The first-order valence-corrected chi connectivity index (χ1v) is 7.81. The third-order valence-corrected chi connectivity index (χ3v) is 3.41. The molecule has 0 aliphatic carbocycles. The van der Waals surface area contributed by atoms with E-state index in [4.69, 9.17) is 4.74 Å². The fourth-order valence-electron chi connectivity index (χ4n) is 2.15. The van der Waals surface area contributed by atoms with E-state index in [2.05, 4.69) is 29.4 Å². The smallest absolute Gasteiger partial charge is 0.222 e. The summed E-state index contributed by atoms with van der Waals surface area (Å²) in [6.45, 7) is 14.6. The molecule has 20 heavy (non-hydrogen) atoms. The fourth-order valence-corrected chi connectivity index (χ4v) is 2.15. The van der Waals surface area contributed by atoms with E-state index in [0.717, 1.165) is 39.3 Å². The van der Waals surface area contributed by atoms with E-state index >= 15 is 0 Å². The molecule has 1 amide bonds. The zero-order valence-electron chi connectivity index (χ0n) is 13.4. The molecule has 1 atom stereocenters. The average Bonchev–Trinajstić information content (AvgIpc) is 2.41. The summed E-state index contributed by atoms with van der Waals surface area (Å²) in [5.74, 6) is 0.831. The Morgan fingerprint density at radius 3 is 2.80 bits per heavy atom.